The van der Waals surface area contributed by atoms with Crippen LogP contribution in [0.15, 0.2) is 24.3 Å². The molecule has 0 fully saturated rings. The van der Waals surface area contributed by atoms with Crippen LogP contribution in [-0.4, -0.2) is 23.0 Å². The summed E-state index contributed by atoms with van der Waals surface area (Å²) in [6, 6.07) is 6.39. The standard InChI is InChI=1S/C17H23NO5/c18-17(22)13-9-7-8-10-14(13)23-16(21)12-6-4-2-1-3-5-11-15(19)20/h7-10H,1-6,11-12H2,(H2,18,22)(H,19,20). The number of benzene rings is 1. The second-order valence-electron chi connectivity index (χ2n) is 5.35. The summed E-state index contributed by atoms with van der Waals surface area (Å²) in [7, 11) is 0. The molecule has 3 N–H and O–H groups in total. The normalized spacial score (nSPS) is 10.3. The molecule has 0 radical (unpaired) electrons. The van der Waals surface area contributed by atoms with Crippen molar-refractivity contribution >= 4 is 17.8 Å². The molecule has 1 rings (SSSR count). The molecule has 0 aliphatic heterocycles. The molecule has 0 unspecified atom stereocenters. The van der Waals surface area contributed by atoms with Gasteiger partial charge in [0, 0.05) is 12.8 Å². The number of hydrogen-bond donors (Lipinski definition) is 2. The van der Waals surface area contributed by atoms with Crippen molar-refractivity contribution in [3.05, 3.63) is 29.8 Å². The molecule has 1 amide bonds. The topological polar surface area (TPSA) is 107 Å². The second-order valence-corrected chi connectivity index (χ2v) is 5.35. The predicted octanol–water partition coefficient (Wildman–Crippen LogP) is 2.90. The maximum Gasteiger partial charge on any atom is 0.311 e. The number of para-hydroxylation sites is 1. The van der Waals surface area contributed by atoms with Crippen molar-refractivity contribution < 1.29 is 24.2 Å². The van der Waals surface area contributed by atoms with Crippen molar-refractivity contribution in [3.8, 4) is 5.75 Å². The van der Waals surface area contributed by atoms with Crippen LogP contribution in [-0.2, 0) is 9.59 Å². The average Bonchev–Trinajstić information content (AvgIpc) is 2.50. The van der Waals surface area contributed by atoms with Crippen LogP contribution >= 0.6 is 0 Å². The molecule has 1 aromatic carbocycles. The fraction of sp³-hybridized carbons (Fsp3) is 0.471. The van der Waals surface area contributed by atoms with Gasteiger partial charge in [-0.3, -0.25) is 14.4 Å². The summed E-state index contributed by atoms with van der Waals surface area (Å²) >= 11 is 0. The number of amides is 1. The number of esters is 1. The Morgan fingerprint density at radius 3 is 2.09 bits per heavy atom. The average molecular weight is 321 g/mol. The van der Waals surface area contributed by atoms with Gasteiger partial charge in [-0.25, -0.2) is 0 Å². The number of carbonyl (C=O) groups excluding carboxylic acids is 2. The molecule has 0 saturated heterocycles. The van der Waals surface area contributed by atoms with E-state index in [2.05, 4.69) is 0 Å². The van der Waals surface area contributed by atoms with E-state index in [0.717, 1.165) is 25.7 Å². The van der Waals surface area contributed by atoms with Crippen LogP contribution in [0.3, 0.4) is 0 Å². The van der Waals surface area contributed by atoms with E-state index in [1.165, 1.54) is 6.07 Å². The first-order valence-electron chi connectivity index (χ1n) is 7.82. The molecule has 6 nitrogen and oxygen atoms in total. The summed E-state index contributed by atoms with van der Waals surface area (Å²) in [6.07, 6.45) is 5.60. The highest BCUT2D eigenvalue weighted by Gasteiger charge is 2.12. The van der Waals surface area contributed by atoms with E-state index in [9.17, 15) is 14.4 Å². The Labute approximate surface area is 135 Å². The number of hydrogen-bond acceptors (Lipinski definition) is 4. The van der Waals surface area contributed by atoms with E-state index in [0.29, 0.717) is 12.8 Å². The van der Waals surface area contributed by atoms with Crippen LogP contribution in [0.25, 0.3) is 0 Å². The van der Waals surface area contributed by atoms with E-state index < -0.39 is 11.9 Å². The molecule has 0 aromatic heterocycles. The van der Waals surface area contributed by atoms with Crippen molar-refractivity contribution in [1.29, 1.82) is 0 Å². The summed E-state index contributed by atoms with van der Waals surface area (Å²) in [5.74, 6) is -1.58. The highest BCUT2D eigenvalue weighted by Crippen LogP contribution is 2.18. The lowest BCUT2D eigenvalue weighted by atomic mass is 10.1. The molecule has 0 heterocycles. The molecule has 0 atom stereocenters. The summed E-state index contributed by atoms with van der Waals surface area (Å²) in [5, 5.41) is 8.51. The van der Waals surface area contributed by atoms with Crippen LogP contribution in [0, 0.1) is 0 Å². The highest BCUT2D eigenvalue weighted by atomic mass is 16.5. The number of aliphatic carboxylic acids is 1. The number of rotatable bonds is 11. The van der Waals surface area contributed by atoms with Crippen molar-refractivity contribution in [2.75, 3.05) is 0 Å². The van der Waals surface area contributed by atoms with Gasteiger partial charge in [-0.1, -0.05) is 37.8 Å². The van der Waals surface area contributed by atoms with Crippen LogP contribution < -0.4 is 10.5 Å². The highest BCUT2D eigenvalue weighted by molar-refractivity contribution is 5.96. The maximum absolute atomic E-state index is 11.8. The van der Waals surface area contributed by atoms with E-state index in [-0.39, 0.29) is 30.1 Å². The van der Waals surface area contributed by atoms with Gasteiger partial charge in [0.15, 0.2) is 0 Å². The lowest BCUT2D eigenvalue weighted by Crippen LogP contribution is -2.15. The van der Waals surface area contributed by atoms with Gasteiger partial charge < -0.3 is 15.6 Å². The largest absolute Gasteiger partial charge is 0.481 e. The van der Waals surface area contributed by atoms with Crippen molar-refractivity contribution in [2.24, 2.45) is 5.73 Å². The minimum Gasteiger partial charge on any atom is -0.481 e. The molecule has 0 bridgehead atoms. The molecular weight excluding hydrogens is 298 g/mol. The lowest BCUT2D eigenvalue weighted by molar-refractivity contribution is -0.137. The summed E-state index contributed by atoms with van der Waals surface area (Å²) in [6.45, 7) is 0. The molecule has 126 valence electrons. The Balaban J connectivity index is 2.18. The maximum atomic E-state index is 11.8. The second kappa shape index (κ2) is 10.4. The van der Waals surface area contributed by atoms with Gasteiger partial charge in [-0.2, -0.15) is 0 Å². The Morgan fingerprint density at radius 1 is 0.913 bits per heavy atom. The van der Waals surface area contributed by atoms with Crippen molar-refractivity contribution in [1.82, 2.24) is 0 Å². The molecule has 0 saturated carbocycles. The zero-order valence-corrected chi connectivity index (χ0v) is 13.1. The smallest absolute Gasteiger partial charge is 0.311 e. The SMILES string of the molecule is NC(=O)c1ccccc1OC(=O)CCCCCCCCC(=O)O. The van der Waals surface area contributed by atoms with Gasteiger partial charge in [-0.05, 0) is 25.0 Å². The summed E-state index contributed by atoms with van der Waals surface area (Å²) in [4.78, 5) is 33.3. The molecule has 0 aliphatic rings. The Kier molecular flexibility index (Phi) is 8.42. The van der Waals surface area contributed by atoms with Crippen molar-refractivity contribution in [3.63, 3.8) is 0 Å². The van der Waals surface area contributed by atoms with E-state index in [1.807, 2.05) is 0 Å². The zero-order chi connectivity index (χ0) is 17.1. The predicted molar refractivity (Wildman–Crippen MR) is 85.2 cm³/mol. The minimum atomic E-state index is -0.760. The van der Waals surface area contributed by atoms with Crippen LogP contribution in [0.2, 0.25) is 0 Å². The molecule has 0 aliphatic carbocycles. The number of ether oxygens (including phenoxy) is 1. The van der Waals surface area contributed by atoms with Gasteiger partial charge in [0.2, 0.25) is 0 Å². The fourth-order valence-corrected chi connectivity index (χ4v) is 2.19. The molecule has 6 heteroatoms. The minimum absolute atomic E-state index is 0.193. The first-order chi connectivity index (χ1) is 11.0. The third-order valence-corrected chi connectivity index (χ3v) is 3.40. The Hall–Kier alpha value is -2.37. The first kappa shape index (κ1) is 18.7. The number of carbonyl (C=O) groups is 3. The van der Waals surface area contributed by atoms with Gasteiger partial charge in [0.1, 0.15) is 5.75 Å². The lowest BCUT2D eigenvalue weighted by Gasteiger charge is -2.07. The molecule has 23 heavy (non-hydrogen) atoms. The number of carboxylic acid groups (broad SMARTS) is 1. The number of nitrogens with two attached hydrogens (primary N) is 1. The third kappa shape index (κ3) is 7.99. The number of carboxylic acids is 1. The summed E-state index contributed by atoms with van der Waals surface area (Å²) < 4.78 is 5.17. The van der Waals surface area contributed by atoms with E-state index in [1.54, 1.807) is 18.2 Å². The van der Waals surface area contributed by atoms with Crippen LogP contribution in [0.1, 0.15) is 61.7 Å². The van der Waals surface area contributed by atoms with Crippen LogP contribution in [0.5, 0.6) is 5.75 Å². The monoisotopic (exact) mass is 321 g/mol. The van der Waals surface area contributed by atoms with Gasteiger partial charge in [0.05, 0.1) is 5.56 Å². The molecular formula is C17H23NO5. The van der Waals surface area contributed by atoms with E-state index >= 15 is 0 Å². The number of primary amides is 1. The Bertz CT molecular complexity index is 542. The van der Waals surface area contributed by atoms with Crippen LogP contribution in [0.4, 0.5) is 0 Å². The third-order valence-electron chi connectivity index (χ3n) is 3.40. The van der Waals surface area contributed by atoms with E-state index in [4.69, 9.17) is 15.6 Å². The van der Waals surface area contributed by atoms with Gasteiger partial charge in [-0.15, -0.1) is 0 Å². The molecule has 1 aromatic rings. The fourth-order valence-electron chi connectivity index (χ4n) is 2.19. The number of unbranched alkanes of at least 4 members (excludes halogenated alkanes) is 5. The Morgan fingerprint density at radius 2 is 1.48 bits per heavy atom. The van der Waals surface area contributed by atoms with Gasteiger partial charge >= 0.3 is 11.9 Å². The molecule has 0 spiro atoms. The quantitative estimate of drug-likeness (QED) is 0.370. The zero-order valence-electron chi connectivity index (χ0n) is 13.1. The van der Waals surface area contributed by atoms with Gasteiger partial charge in [0.25, 0.3) is 5.91 Å². The first-order valence-corrected chi connectivity index (χ1v) is 7.82. The summed E-state index contributed by atoms with van der Waals surface area (Å²) in [5.41, 5.74) is 5.42. The van der Waals surface area contributed by atoms with Crippen molar-refractivity contribution in [2.45, 2.75) is 51.4 Å².